The summed E-state index contributed by atoms with van der Waals surface area (Å²) in [4.78, 5) is 12.9. The molecule has 3 rings (SSSR count). The first-order chi connectivity index (χ1) is 8.86. The molecule has 0 atom stereocenters. The number of oxazole rings is 1. The maximum Gasteiger partial charge on any atom is 0.261 e. The van der Waals surface area contributed by atoms with Crippen molar-refractivity contribution in [3.05, 3.63) is 36.7 Å². The van der Waals surface area contributed by atoms with Crippen molar-refractivity contribution in [2.75, 3.05) is 12.4 Å². The lowest BCUT2D eigenvalue weighted by Gasteiger charge is -2.05. The predicted molar refractivity (Wildman–Crippen MR) is 69.7 cm³/mol. The smallest absolute Gasteiger partial charge is 0.261 e. The minimum atomic E-state index is 0.570. The standard InChI is InChI=1S/C12H10N4OS/c1-13-11-15-9-5-3-2-4-8(9)10(16-11)18-12-14-6-7-17-12/h2-7H,1H3,(H,13,15,16). The summed E-state index contributed by atoms with van der Waals surface area (Å²) in [5.74, 6) is 0.586. The molecule has 1 aromatic carbocycles. The summed E-state index contributed by atoms with van der Waals surface area (Å²) in [7, 11) is 1.80. The van der Waals surface area contributed by atoms with Gasteiger partial charge in [-0.25, -0.2) is 15.0 Å². The molecule has 0 spiro atoms. The minimum absolute atomic E-state index is 0.570. The molecular formula is C12H10N4OS. The van der Waals surface area contributed by atoms with Crippen LogP contribution in [-0.2, 0) is 0 Å². The molecule has 0 amide bonds. The number of nitrogens with zero attached hydrogens (tertiary/aromatic N) is 3. The van der Waals surface area contributed by atoms with E-state index in [2.05, 4.69) is 20.3 Å². The van der Waals surface area contributed by atoms with Crippen molar-refractivity contribution in [3.63, 3.8) is 0 Å². The monoisotopic (exact) mass is 258 g/mol. The van der Waals surface area contributed by atoms with Gasteiger partial charge >= 0.3 is 0 Å². The van der Waals surface area contributed by atoms with E-state index < -0.39 is 0 Å². The van der Waals surface area contributed by atoms with Crippen molar-refractivity contribution >= 4 is 28.6 Å². The first-order valence-corrected chi connectivity index (χ1v) is 6.20. The van der Waals surface area contributed by atoms with Gasteiger partial charge in [0.05, 0.1) is 11.7 Å². The van der Waals surface area contributed by atoms with E-state index in [-0.39, 0.29) is 0 Å². The third kappa shape index (κ3) is 2.02. The SMILES string of the molecule is CNc1nc(Sc2ncco2)c2ccccc2n1. The maximum absolute atomic E-state index is 5.23. The Morgan fingerprint density at radius 1 is 1.22 bits per heavy atom. The molecule has 0 bridgehead atoms. The van der Waals surface area contributed by atoms with Crippen LogP contribution < -0.4 is 5.32 Å². The molecule has 0 aliphatic heterocycles. The van der Waals surface area contributed by atoms with Crippen LogP contribution in [-0.4, -0.2) is 22.0 Å². The van der Waals surface area contributed by atoms with Gasteiger partial charge in [-0.15, -0.1) is 0 Å². The molecular weight excluding hydrogens is 248 g/mol. The Balaban J connectivity index is 2.13. The van der Waals surface area contributed by atoms with Gasteiger partial charge in [-0.2, -0.15) is 0 Å². The average Bonchev–Trinajstić information content (AvgIpc) is 2.91. The topological polar surface area (TPSA) is 63.8 Å². The molecule has 3 aromatic rings. The highest BCUT2D eigenvalue weighted by Gasteiger charge is 2.10. The molecule has 90 valence electrons. The Morgan fingerprint density at radius 3 is 2.89 bits per heavy atom. The van der Waals surface area contributed by atoms with E-state index in [0.29, 0.717) is 11.2 Å². The third-order valence-electron chi connectivity index (χ3n) is 2.39. The Bertz CT molecular complexity index is 669. The van der Waals surface area contributed by atoms with Crippen LogP contribution in [0.2, 0.25) is 0 Å². The number of hydrogen-bond donors (Lipinski definition) is 1. The van der Waals surface area contributed by atoms with Crippen LogP contribution in [0.25, 0.3) is 10.9 Å². The molecule has 0 unspecified atom stereocenters. The normalized spacial score (nSPS) is 10.7. The number of fused-ring (bicyclic) bond motifs is 1. The molecule has 18 heavy (non-hydrogen) atoms. The van der Waals surface area contributed by atoms with E-state index in [0.717, 1.165) is 15.9 Å². The number of nitrogens with one attached hydrogen (secondary N) is 1. The number of anilines is 1. The van der Waals surface area contributed by atoms with Crippen LogP contribution in [0.3, 0.4) is 0 Å². The zero-order valence-corrected chi connectivity index (χ0v) is 10.4. The molecule has 0 saturated heterocycles. The molecule has 6 heteroatoms. The molecule has 1 N–H and O–H groups in total. The van der Waals surface area contributed by atoms with Crippen molar-refractivity contribution in [1.82, 2.24) is 15.0 Å². The lowest BCUT2D eigenvalue weighted by atomic mass is 10.2. The van der Waals surface area contributed by atoms with Gasteiger partial charge in [0.1, 0.15) is 11.3 Å². The van der Waals surface area contributed by atoms with Crippen molar-refractivity contribution in [1.29, 1.82) is 0 Å². The van der Waals surface area contributed by atoms with E-state index >= 15 is 0 Å². The second kappa shape index (κ2) is 4.66. The number of rotatable bonds is 3. The van der Waals surface area contributed by atoms with Gasteiger partial charge in [-0.1, -0.05) is 18.2 Å². The summed E-state index contributed by atoms with van der Waals surface area (Å²) in [5.41, 5.74) is 0.894. The fourth-order valence-corrected chi connectivity index (χ4v) is 2.38. The van der Waals surface area contributed by atoms with Gasteiger partial charge in [0, 0.05) is 12.4 Å². The molecule has 2 aromatic heterocycles. The summed E-state index contributed by atoms with van der Waals surface area (Å²) in [5, 5.41) is 5.33. The molecule has 2 heterocycles. The molecule has 0 aliphatic rings. The van der Waals surface area contributed by atoms with Gasteiger partial charge < -0.3 is 9.73 Å². The molecule has 0 fully saturated rings. The lowest BCUT2D eigenvalue weighted by Crippen LogP contribution is -1.98. The average molecular weight is 258 g/mol. The second-order valence-electron chi connectivity index (χ2n) is 3.52. The van der Waals surface area contributed by atoms with Crippen molar-refractivity contribution in [2.45, 2.75) is 10.2 Å². The first-order valence-electron chi connectivity index (χ1n) is 5.38. The van der Waals surface area contributed by atoms with Crippen LogP contribution in [0.5, 0.6) is 0 Å². The predicted octanol–water partition coefficient (Wildman–Crippen LogP) is 2.81. The highest BCUT2D eigenvalue weighted by Crippen LogP contribution is 2.31. The van der Waals surface area contributed by atoms with E-state index in [4.69, 9.17) is 4.42 Å². The lowest BCUT2D eigenvalue weighted by molar-refractivity contribution is 0.454. The largest absolute Gasteiger partial charge is 0.440 e. The Hall–Kier alpha value is -2.08. The maximum atomic E-state index is 5.23. The van der Waals surface area contributed by atoms with E-state index in [9.17, 15) is 0 Å². The number of hydrogen-bond acceptors (Lipinski definition) is 6. The van der Waals surface area contributed by atoms with E-state index in [1.165, 1.54) is 11.8 Å². The van der Waals surface area contributed by atoms with Crippen molar-refractivity contribution in [3.8, 4) is 0 Å². The van der Waals surface area contributed by atoms with E-state index in [1.54, 1.807) is 19.5 Å². The fourth-order valence-electron chi connectivity index (χ4n) is 1.58. The molecule has 0 saturated carbocycles. The summed E-state index contributed by atoms with van der Waals surface area (Å²) < 4.78 is 5.23. The van der Waals surface area contributed by atoms with Crippen LogP contribution >= 0.6 is 11.8 Å². The van der Waals surface area contributed by atoms with Gasteiger partial charge in [0.15, 0.2) is 0 Å². The van der Waals surface area contributed by atoms with Crippen LogP contribution in [0.1, 0.15) is 0 Å². The first kappa shape index (κ1) is 11.0. The van der Waals surface area contributed by atoms with Crippen molar-refractivity contribution in [2.24, 2.45) is 0 Å². The van der Waals surface area contributed by atoms with Gasteiger partial charge in [0.2, 0.25) is 5.95 Å². The van der Waals surface area contributed by atoms with Crippen LogP contribution in [0, 0.1) is 0 Å². The summed E-state index contributed by atoms with van der Waals surface area (Å²) in [6.07, 6.45) is 3.16. The zero-order valence-electron chi connectivity index (χ0n) is 9.62. The summed E-state index contributed by atoms with van der Waals surface area (Å²) in [6, 6.07) is 7.86. The number of benzene rings is 1. The number of aromatic nitrogens is 3. The summed E-state index contributed by atoms with van der Waals surface area (Å²) in [6.45, 7) is 0. The van der Waals surface area contributed by atoms with Gasteiger partial charge in [0.25, 0.3) is 5.22 Å². The zero-order chi connectivity index (χ0) is 12.4. The Labute approximate surface area is 108 Å². The molecule has 5 nitrogen and oxygen atoms in total. The molecule has 0 aliphatic carbocycles. The summed E-state index contributed by atoms with van der Waals surface area (Å²) >= 11 is 1.38. The van der Waals surface area contributed by atoms with E-state index in [1.807, 2.05) is 24.3 Å². The highest BCUT2D eigenvalue weighted by atomic mass is 32.2. The molecule has 0 radical (unpaired) electrons. The minimum Gasteiger partial charge on any atom is -0.440 e. The second-order valence-corrected chi connectivity index (χ2v) is 4.46. The Morgan fingerprint density at radius 2 is 2.11 bits per heavy atom. The highest BCUT2D eigenvalue weighted by molar-refractivity contribution is 7.99. The van der Waals surface area contributed by atoms with Crippen LogP contribution in [0.15, 0.2) is 51.4 Å². The Kier molecular flexibility index (Phi) is 2.85. The number of para-hydroxylation sites is 1. The van der Waals surface area contributed by atoms with Crippen molar-refractivity contribution < 1.29 is 4.42 Å². The third-order valence-corrected chi connectivity index (χ3v) is 3.27. The quantitative estimate of drug-likeness (QED) is 0.729. The van der Waals surface area contributed by atoms with Crippen LogP contribution in [0.4, 0.5) is 5.95 Å². The van der Waals surface area contributed by atoms with Gasteiger partial charge in [-0.05, 0) is 17.8 Å². The fraction of sp³-hybridized carbons (Fsp3) is 0.0833. The van der Waals surface area contributed by atoms with Gasteiger partial charge in [-0.3, -0.25) is 0 Å².